The summed E-state index contributed by atoms with van der Waals surface area (Å²) in [7, 11) is 1.70. The summed E-state index contributed by atoms with van der Waals surface area (Å²) in [6.45, 7) is 9.98. The number of ether oxygens (including phenoxy) is 5. The topological polar surface area (TPSA) is 72.2 Å². The summed E-state index contributed by atoms with van der Waals surface area (Å²) in [5.74, 6) is 2.05. The third kappa shape index (κ3) is 40.0. The second-order valence-electron chi connectivity index (χ2n) is 25.5. The van der Waals surface area contributed by atoms with Crippen LogP contribution in [0.15, 0.2) is 48.5 Å². The van der Waals surface area contributed by atoms with E-state index >= 15 is 0 Å². The fourth-order valence-electron chi connectivity index (χ4n) is 12.6. The highest BCUT2D eigenvalue weighted by Gasteiger charge is 2.40. The van der Waals surface area contributed by atoms with Crippen LogP contribution in [0.4, 0.5) is 0 Å². The lowest BCUT2D eigenvalue weighted by Crippen LogP contribution is -2.50. The Morgan fingerprint density at radius 2 is 0.580 bits per heavy atom. The average Bonchev–Trinajstić information content (AvgIpc) is 3.58. The Morgan fingerprint density at radius 1 is 0.333 bits per heavy atom. The van der Waals surface area contributed by atoms with Gasteiger partial charge in [0.05, 0.1) is 32.0 Å². The maximum atomic E-state index is 6.98. The molecule has 0 radical (unpaired) electrons. The first kappa shape index (κ1) is 73.1. The van der Waals surface area contributed by atoms with E-state index in [0.717, 1.165) is 74.6 Å². The summed E-state index contributed by atoms with van der Waals surface area (Å²) in [5.41, 5.74) is 8.85. The molecule has 1 saturated carbocycles. The summed E-state index contributed by atoms with van der Waals surface area (Å²) in [6.07, 6.45) is 68.1. The minimum absolute atomic E-state index is 0.0189. The molecule has 0 aromatic heterocycles. The number of rotatable bonds is 60. The number of methoxy groups -OCH3 is 1. The van der Waals surface area contributed by atoms with Gasteiger partial charge in [-0.1, -0.05) is 334 Å². The van der Waals surface area contributed by atoms with E-state index < -0.39 is 0 Å². The molecule has 2 aromatic rings. The van der Waals surface area contributed by atoms with Crippen LogP contribution in [0, 0.1) is 5.92 Å². The van der Waals surface area contributed by atoms with E-state index in [1.807, 2.05) is 24.3 Å². The molecule has 1 fully saturated rings. The molecule has 0 bridgehead atoms. The van der Waals surface area contributed by atoms with Gasteiger partial charge in [0.1, 0.15) is 17.6 Å². The molecule has 0 heterocycles. The Morgan fingerprint density at radius 3 is 0.852 bits per heavy atom. The van der Waals surface area contributed by atoms with Gasteiger partial charge in [0.15, 0.2) is 0 Å². The monoisotopic (exact) mass is 1130 g/mol. The molecular weight excluding hydrogens is 995 g/mol. The summed E-state index contributed by atoms with van der Waals surface area (Å²) in [5, 5.41) is 0. The van der Waals surface area contributed by atoms with E-state index in [4.69, 9.17) is 29.4 Å². The quantitative estimate of drug-likeness (QED) is 0.0666. The molecule has 81 heavy (non-hydrogen) atoms. The van der Waals surface area contributed by atoms with Crippen molar-refractivity contribution in [1.29, 1.82) is 0 Å². The number of unbranched alkanes of at least 4 members (excludes halogenated alkanes) is 45. The number of nitrogens with two attached hydrogens (primary N) is 1. The molecule has 6 nitrogen and oxygen atoms in total. The molecule has 0 spiro atoms. The van der Waals surface area contributed by atoms with Crippen molar-refractivity contribution in [3.8, 4) is 11.5 Å². The maximum absolute atomic E-state index is 6.98. The number of hydrogen-bond donors (Lipinski definition) is 1. The van der Waals surface area contributed by atoms with Crippen LogP contribution >= 0.6 is 0 Å². The van der Waals surface area contributed by atoms with Gasteiger partial charge in [0.2, 0.25) is 0 Å². The molecule has 0 aliphatic heterocycles. The minimum Gasteiger partial charge on any atom is -0.497 e. The lowest BCUT2D eigenvalue weighted by Gasteiger charge is -2.41. The van der Waals surface area contributed by atoms with Crippen molar-refractivity contribution in [1.82, 2.24) is 0 Å². The van der Waals surface area contributed by atoms with Crippen molar-refractivity contribution in [2.75, 3.05) is 33.5 Å². The van der Waals surface area contributed by atoms with E-state index in [1.165, 1.54) is 289 Å². The molecule has 1 aliphatic rings. The normalized spacial score (nSPS) is 16.8. The molecule has 0 saturated heterocycles. The average molecular weight is 1130 g/mol. The van der Waals surface area contributed by atoms with E-state index in [1.54, 1.807) is 7.11 Å². The molecule has 3 unspecified atom stereocenters. The van der Waals surface area contributed by atoms with Crippen molar-refractivity contribution >= 4 is 0 Å². The molecule has 470 valence electrons. The second kappa shape index (κ2) is 54.5. The first-order valence-electron chi connectivity index (χ1n) is 36.1. The van der Waals surface area contributed by atoms with Crippen LogP contribution < -0.4 is 15.2 Å². The van der Waals surface area contributed by atoms with Crippen molar-refractivity contribution < 1.29 is 23.7 Å². The van der Waals surface area contributed by atoms with Crippen LogP contribution in [0.2, 0.25) is 0 Å². The van der Waals surface area contributed by atoms with Gasteiger partial charge in [-0.15, -0.1) is 0 Å². The predicted octanol–water partition coefficient (Wildman–Crippen LogP) is 23.5. The molecule has 3 atom stereocenters. The lowest BCUT2D eigenvalue weighted by atomic mass is 9.83. The van der Waals surface area contributed by atoms with E-state index in [2.05, 4.69) is 45.0 Å². The molecule has 2 aromatic carbocycles. The Bertz CT molecular complexity index is 1540. The third-order valence-corrected chi connectivity index (χ3v) is 18.0. The molecule has 0 amide bonds. The van der Waals surface area contributed by atoms with E-state index in [0.29, 0.717) is 12.5 Å². The summed E-state index contributed by atoms with van der Waals surface area (Å²) in [4.78, 5) is 0. The zero-order valence-corrected chi connectivity index (χ0v) is 54.3. The zero-order chi connectivity index (χ0) is 57.6. The molecular formula is C75H135NO5. The van der Waals surface area contributed by atoms with Crippen LogP contribution in [0.1, 0.15) is 359 Å². The van der Waals surface area contributed by atoms with Crippen molar-refractivity contribution in [2.45, 2.75) is 366 Å². The van der Waals surface area contributed by atoms with Gasteiger partial charge in [-0.3, -0.25) is 0 Å². The Hall–Kier alpha value is -2.12. The van der Waals surface area contributed by atoms with Gasteiger partial charge in [-0.05, 0) is 73.4 Å². The zero-order valence-electron chi connectivity index (χ0n) is 54.3. The molecule has 6 heteroatoms. The first-order chi connectivity index (χ1) is 40.1. The Kier molecular flexibility index (Phi) is 49.2. The van der Waals surface area contributed by atoms with Gasteiger partial charge in [0, 0.05) is 19.8 Å². The number of hydrogen-bond acceptors (Lipinski definition) is 6. The van der Waals surface area contributed by atoms with Gasteiger partial charge >= 0.3 is 0 Å². The highest BCUT2D eigenvalue weighted by atomic mass is 16.6. The van der Waals surface area contributed by atoms with Gasteiger partial charge in [-0.25, -0.2) is 0 Å². The standard InChI is InChI=1S/C75H135NO5/c1-5-8-11-14-17-20-23-26-29-32-35-38-41-44-47-50-61-78-72-64-67(66-81-71-59-55-69(56-60-71)74(76)68-53-57-70(77-4)58-54-68)65-73(79-62-51-48-45-42-39-36-33-30-27-24-21-18-15-12-9-6-2)75(72)80-63-52-49-46-43-40-37-34-31-28-25-22-19-16-13-10-7-3/h53-60,67,72-75H,5-52,61-66,76H2,1-4H3. The smallest absolute Gasteiger partial charge is 0.119 e. The fourth-order valence-corrected chi connectivity index (χ4v) is 12.6. The van der Waals surface area contributed by atoms with Crippen LogP contribution in [0.25, 0.3) is 0 Å². The largest absolute Gasteiger partial charge is 0.497 e. The third-order valence-electron chi connectivity index (χ3n) is 18.0. The van der Waals surface area contributed by atoms with Crippen LogP contribution in [-0.4, -0.2) is 51.8 Å². The molecule has 1 aliphatic carbocycles. The Labute approximate surface area is 503 Å². The second-order valence-corrected chi connectivity index (χ2v) is 25.5. The molecule has 3 rings (SSSR count). The fraction of sp³-hybridized carbons (Fsp3) is 0.840. The summed E-state index contributed by atoms with van der Waals surface area (Å²) < 4.78 is 32.9. The summed E-state index contributed by atoms with van der Waals surface area (Å²) in [6, 6.07) is 16.2. The lowest BCUT2D eigenvalue weighted by molar-refractivity contribution is -0.172. The van der Waals surface area contributed by atoms with E-state index in [-0.39, 0.29) is 24.4 Å². The highest BCUT2D eigenvalue weighted by molar-refractivity contribution is 5.37. The van der Waals surface area contributed by atoms with Gasteiger partial charge < -0.3 is 29.4 Å². The van der Waals surface area contributed by atoms with Gasteiger partial charge in [-0.2, -0.15) is 0 Å². The highest BCUT2D eigenvalue weighted by Crippen LogP contribution is 2.34. The van der Waals surface area contributed by atoms with Crippen LogP contribution in [0.5, 0.6) is 11.5 Å². The van der Waals surface area contributed by atoms with Crippen molar-refractivity contribution in [3.05, 3.63) is 59.7 Å². The van der Waals surface area contributed by atoms with Crippen LogP contribution in [0.3, 0.4) is 0 Å². The maximum Gasteiger partial charge on any atom is 0.119 e. The SMILES string of the molecule is CCCCCCCCCCCCCCCCCCOC1CC(COc2ccc(C(N)c3ccc(OC)cc3)cc2)CC(OCCCCCCCCCCCCCCCCCC)C1OCCCCCCCCCCCCCCCCCC. The van der Waals surface area contributed by atoms with Crippen molar-refractivity contribution in [3.63, 3.8) is 0 Å². The summed E-state index contributed by atoms with van der Waals surface area (Å²) >= 11 is 0. The minimum atomic E-state index is -0.209. The molecule has 2 N–H and O–H groups in total. The predicted molar refractivity (Wildman–Crippen MR) is 352 cm³/mol. The number of benzene rings is 2. The van der Waals surface area contributed by atoms with Crippen molar-refractivity contribution in [2.24, 2.45) is 11.7 Å². The first-order valence-corrected chi connectivity index (χ1v) is 36.1. The Balaban J connectivity index is 1.50. The van der Waals surface area contributed by atoms with Gasteiger partial charge in [0.25, 0.3) is 0 Å². The van der Waals surface area contributed by atoms with Crippen LogP contribution in [-0.2, 0) is 14.2 Å². The van der Waals surface area contributed by atoms with E-state index in [9.17, 15) is 0 Å².